The number of hydrogen-bond donors (Lipinski definition) is 0. The summed E-state index contributed by atoms with van der Waals surface area (Å²) in [6.07, 6.45) is 7.31. The van der Waals surface area contributed by atoms with Gasteiger partial charge >= 0.3 is 11.9 Å². The van der Waals surface area contributed by atoms with E-state index in [4.69, 9.17) is 9.47 Å². The van der Waals surface area contributed by atoms with Gasteiger partial charge in [-0.3, -0.25) is 9.59 Å². The fourth-order valence-corrected chi connectivity index (χ4v) is 2.31. The van der Waals surface area contributed by atoms with Gasteiger partial charge in [-0.1, -0.05) is 6.92 Å². The molecule has 1 unspecified atom stereocenters. The summed E-state index contributed by atoms with van der Waals surface area (Å²) >= 11 is 0. The Kier molecular flexibility index (Phi) is 6.49. The minimum absolute atomic E-state index is 0.198. The van der Waals surface area contributed by atoms with E-state index in [2.05, 4.69) is 6.92 Å². The maximum Gasteiger partial charge on any atom is 0.307 e. The van der Waals surface area contributed by atoms with Crippen molar-refractivity contribution in [2.75, 3.05) is 0 Å². The zero-order valence-electron chi connectivity index (χ0n) is 12.8. The summed E-state index contributed by atoms with van der Waals surface area (Å²) in [6.45, 7) is 6.97. The lowest BCUT2D eigenvalue weighted by Crippen LogP contribution is -2.02. The highest BCUT2D eigenvalue weighted by atomic mass is 16.5. The minimum Gasteiger partial charge on any atom is -0.431 e. The van der Waals surface area contributed by atoms with Gasteiger partial charge in [0, 0.05) is 26.2 Å². The van der Waals surface area contributed by atoms with Gasteiger partial charge in [-0.2, -0.15) is 0 Å². The van der Waals surface area contributed by atoms with Crippen LogP contribution in [0.4, 0.5) is 0 Å². The fraction of sp³-hybridized carbons (Fsp3) is 0.625. The molecule has 0 radical (unpaired) electrons. The molecule has 2 aliphatic carbocycles. The molecule has 0 aliphatic heterocycles. The molecular weight excluding hydrogens is 256 g/mol. The van der Waals surface area contributed by atoms with Gasteiger partial charge in [-0.25, -0.2) is 0 Å². The van der Waals surface area contributed by atoms with Gasteiger partial charge in [-0.05, 0) is 44.3 Å². The molecule has 0 aromatic rings. The Morgan fingerprint density at radius 1 is 1.15 bits per heavy atom. The average molecular weight is 280 g/mol. The summed E-state index contributed by atoms with van der Waals surface area (Å²) in [5, 5.41) is 0. The molecule has 0 aromatic heterocycles. The Hall–Kier alpha value is -1.58. The molecule has 4 heteroatoms. The van der Waals surface area contributed by atoms with Gasteiger partial charge in [-0.15, -0.1) is 0 Å². The number of allylic oxidation sites excluding steroid dienone is 4. The van der Waals surface area contributed by atoms with Crippen molar-refractivity contribution in [2.24, 2.45) is 5.92 Å². The molecule has 0 saturated carbocycles. The van der Waals surface area contributed by atoms with Gasteiger partial charge in [0.2, 0.25) is 0 Å². The molecule has 20 heavy (non-hydrogen) atoms. The monoisotopic (exact) mass is 280 g/mol. The van der Waals surface area contributed by atoms with Crippen LogP contribution in [0.25, 0.3) is 0 Å². The number of ether oxygens (including phenoxy) is 2. The van der Waals surface area contributed by atoms with Crippen molar-refractivity contribution in [3.63, 3.8) is 0 Å². The first-order valence-corrected chi connectivity index (χ1v) is 7.15. The summed E-state index contributed by atoms with van der Waals surface area (Å²) in [5.41, 5.74) is 1.23. The van der Waals surface area contributed by atoms with Crippen molar-refractivity contribution in [1.82, 2.24) is 0 Å². The molecule has 0 N–H and O–H groups in total. The van der Waals surface area contributed by atoms with Crippen LogP contribution in [0, 0.1) is 5.92 Å². The number of esters is 2. The molecule has 4 nitrogen and oxygen atoms in total. The second-order valence-corrected chi connectivity index (χ2v) is 5.33. The van der Waals surface area contributed by atoms with Crippen molar-refractivity contribution in [1.29, 1.82) is 0 Å². The van der Waals surface area contributed by atoms with E-state index in [9.17, 15) is 9.59 Å². The number of rotatable bonds is 2. The zero-order valence-corrected chi connectivity index (χ0v) is 12.8. The van der Waals surface area contributed by atoms with Crippen LogP contribution in [-0.4, -0.2) is 11.9 Å². The first-order chi connectivity index (χ1) is 9.40. The standard InChI is InChI=1S/2C8H12O2/c2*1-6-4-3-5-8(6)10-7(2)9/h3-5H2,1-2H3;5-6H,3-4H2,1-2H3. The van der Waals surface area contributed by atoms with Gasteiger partial charge in [0.05, 0.1) is 0 Å². The Balaban J connectivity index is 0.000000200. The normalized spacial score (nSPS) is 21.0. The molecule has 1 atom stereocenters. The third kappa shape index (κ3) is 5.59. The maximum absolute atomic E-state index is 10.5. The largest absolute Gasteiger partial charge is 0.431 e. The van der Waals surface area contributed by atoms with Crippen LogP contribution in [0.1, 0.15) is 59.8 Å². The van der Waals surface area contributed by atoms with E-state index in [1.807, 2.05) is 13.0 Å². The predicted molar refractivity (Wildman–Crippen MR) is 76.6 cm³/mol. The topological polar surface area (TPSA) is 52.6 Å². The van der Waals surface area contributed by atoms with Crippen molar-refractivity contribution >= 4 is 11.9 Å². The lowest BCUT2D eigenvalue weighted by molar-refractivity contribution is -0.138. The van der Waals surface area contributed by atoms with Crippen LogP contribution < -0.4 is 0 Å². The van der Waals surface area contributed by atoms with E-state index in [0.717, 1.165) is 43.6 Å². The van der Waals surface area contributed by atoms with E-state index in [0.29, 0.717) is 5.92 Å². The molecular formula is C16H24O4. The Morgan fingerprint density at radius 2 is 1.80 bits per heavy atom. The van der Waals surface area contributed by atoms with Crippen LogP contribution >= 0.6 is 0 Å². The van der Waals surface area contributed by atoms with E-state index < -0.39 is 0 Å². The number of carbonyl (C=O) groups excluding carboxylic acids is 2. The van der Waals surface area contributed by atoms with Gasteiger partial charge in [0.15, 0.2) is 0 Å². The highest BCUT2D eigenvalue weighted by Gasteiger charge is 2.16. The van der Waals surface area contributed by atoms with Crippen LogP contribution in [0.5, 0.6) is 0 Å². The molecule has 0 spiro atoms. The molecule has 0 amide bonds. The third-order valence-corrected chi connectivity index (χ3v) is 3.39. The highest BCUT2D eigenvalue weighted by molar-refractivity contribution is 5.67. The maximum atomic E-state index is 10.5. The van der Waals surface area contributed by atoms with E-state index in [1.54, 1.807) is 0 Å². The highest BCUT2D eigenvalue weighted by Crippen LogP contribution is 2.26. The van der Waals surface area contributed by atoms with Crippen molar-refractivity contribution in [2.45, 2.75) is 59.8 Å². The molecule has 112 valence electrons. The first-order valence-electron chi connectivity index (χ1n) is 7.15. The first kappa shape index (κ1) is 16.5. The van der Waals surface area contributed by atoms with Crippen molar-refractivity contribution < 1.29 is 19.1 Å². The Bertz CT molecular complexity index is 432. The van der Waals surface area contributed by atoms with Crippen LogP contribution in [0.3, 0.4) is 0 Å². The van der Waals surface area contributed by atoms with Crippen LogP contribution in [-0.2, 0) is 19.1 Å². The number of carbonyl (C=O) groups is 2. The molecule has 2 rings (SSSR count). The lowest BCUT2D eigenvalue weighted by atomic mass is 10.1. The van der Waals surface area contributed by atoms with Crippen LogP contribution in [0.2, 0.25) is 0 Å². The number of hydrogen-bond acceptors (Lipinski definition) is 4. The van der Waals surface area contributed by atoms with Gasteiger partial charge in [0.25, 0.3) is 0 Å². The molecule has 0 fully saturated rings. The van der Waals surface area contributed by atoms with Crippen molar-refractivity contribution in [3.05, 3.63) is 23.2 Å². The van der Waals surface area contributed by atoms with Gasteiger partial charge in [0.1, 0.15) is 11.5 Å². The molecule has 2 aliphatic rings. The molecule has 0 bridgehead atoms. The van der Waals surface area contributed by atoms with Gasteiger partial charge < -0.3 is 9.47 Å². The summed E-state index contributed by atoms with van der Waals surface area (Å²) in [5.74, 6) is 1.78. The Morgan fingerprint density at radius 3 is 2.20 bits per heavy atom. The lowest BCUT2D eigenvalue weighted by Gasteiger charge is -2.06. The zero-order chi connectivity index (χ0) is 15.1. The average Bonchev–Trinajstić information content (AvgIpc) is 2.90. The summed E-state index contributed by atoms with van der Waals surface area (Å²) in [4.78, 5) is 21.0. The predicted octanol–water partition coefficient (Wildman–Crippen LogP) is 3.87. The molecule has 0 saturated heterocycles. The quantitative estimate of drug-likeness (QED) is 0.720. The van der Waals surface area contributed by atoms with Crippen molar-refractivity contribution in [3.8, 4) is 0 Å². The molecule has 0 heterocycles. The van der Waals surface area contributed by atoms with E-state index in [1.165, 1.54) is 19.4 Å². The second kappa shape index (κ2) is 7.88. The third-order valence-electron chi connectivity index (χ3n) is 3.39. The summed E-state index contributed by atoms with van der Waals surface area (Å²) < 4.78 is 9.91. The second-order valence-electron chi connectivity index (χ2n) is 5.33. The molecule has 0 aromatic carbocycles. The fourth-order valence-electron chi connectivity index (χ4n) is 2.31. The smallest absolute Gasteiger partial charge is 0.307 e. The van der Waals surface area contributed by atoms with Crippen LogP contribution in [0.15, 0.2) is 23.2 Å². The Labute approximate surface area is 120 Å². The summed E-state index contributed by atoms with van der Waals surface area (Å²) in [7, 11) is 0. The van der Waals surface area contributed by atoms with E-state index in [-0.39, 0.29) is 11.9 Å². The SMILES string of the molecule is CC(=O)OC1=C(C)CCC1.CC(=O)OC1=CCCC1C. The van der Waals surface area contributed by atoms with E-state index >= 15 is 0 Å². The minimum atomic E-state index is -0.208. The summed E-state index contributed by atoms with van der Waals surface area (Å²) in [6, 6.07) is 0.